The minimum atomic E-state index is 0.456. The van der Waals surface area contributed by atoms with Crippen LogP contribution in [0.3, 0.4) is 0 Å². The largest absolute Gasteiger partial charge is 0.367 e. The van der Waals surface area contributed by atoms with Crippen molar-refractivity contribution in [2.24, 2.45) is 11.8 Å². The molecule has 0 radical (unpaired) electrons. The third-order valence-corrected chi connectivity index (χ3v) is 6.85. The number of para-hydroxylation sites is 1. The SMILES string of the molecule is CC(Nc1nc(NCC2CCCC2)nc2c(C3=CCNCC3)cccc12)C1CC1. The maximum Gasteiger partial charge on any atom is 0.225 e. The van der Waals surface area contributed by atoms with Crippen molar-refractivity contribution in [2.45, 2.75) is 57.9 Å². The first-order chi connectivity index (χ1) is 14.3. The van der Waals surface area contributed by atoms with Crippen molar-refractivity contribution in [3.8, 4) is 0 Å². The van der Waals surface area contributed by atoms with Crippen LogP contribution in [0.2, 0.25) is 0 Å². The summed E-state index contributed by atoms with van der Waals surface area (Å²) in [6.07, 6.45) is 11.4. The van der Waals surface area contributed by atoms with Gasteiger partial charge in [0.1, 0.15) is 5.82 Å². The van der Waals surface area contributed by atoms with Crippen LogP contribution in [-0.4, -0.2) is 35.6 Å². The molecule has 0 saturated heterocycles. The van der Waals surface area contributed by atoms with E-state index in [4.69, 9.17) is 9.97 Å². The second-order valence-corrected chi connectivity index (χ2v) is 9.08. The molecule has 5 nitrogen and oxygen atoms in total. The molecule has 0 bridgehead atoms. The summed E-state index contributed by atoms with van der Waals surface area (Å²) < 4.78 is 0. The quantitative estimate of drug-likeness (QED) is 0.632. The summed E-state index contributed by atoms with van der Waals surface area (Å²) in [5, 5.41) is 11.9. The number of benzene rings is 1. The van der Waals surface area contributed by atoms with Crippen molar-refractivity contribution in [3.63, 3.8) is 0 Å². The molecule has 0 amide bonds. The lowest BCUT2D eigenvalue weighted by Gasteiger charge is -2.20. The number of hydrogen-bond donors (Lipinski definition) is 3. The number of anilines is 2. The van der Waals surface area contributed by atoms with Crippen LogP contribution in [0.25, 0.3) is 16.5 Å². The zero-order chi connectivity index (χ0) is 19.6. The molecule has 2 heterocycles. The number of fused-ring (bicyclic) bond motifs is 1. The molecule has 2 aliphatic carbocycles. The Morgan fingerprint density at radius 3 is 2.76 bits per heavy atom. The molecule has 29 heavy (non-hydrogen) atoms. The topological polar surface area (TPSA) is 61.9 Å². The number of hydrogen-bond acceptors (Lipinski definition) is 5. The molecule has 2 fully saturated rings. The minimum absolute atomic E-state index is 0.456. The molecule has 2 aromatic rings. The molecule has 3 N–H and O–H groups in total. The highest BCUT2D eigenvalue weighted by atomic mass is 15.2. The smallest absolute Gasteiger partial charge is 0.225 e. The standard InChI is InChI=1S/C24H33N5/c1-16(18-9-10-18)27-23-21-8-4-7-20(19-11-13-25-14-12-19)22(21)28-24(29-23)26-15-17-5-2-3-6-17/h4,7-8,11,16-18,25H,2-3,5-6,9-10,12-15H2,1H3,(H2,26,27,28,29). The molecule has 5 rings (SSSR count). The van der Waals surface area contributed by atoms with Crippen molar-refractivity contribution in [1.29, 1.82) is 0 Å². The number of aromatic nitrogens is 2. The lowest BCUT2D eigenvalue weighted by Crippen LogP contribution is -2.21. The van der Waals surface area contributed by atoms with Gasteiger partial charge in [-0.2, -0.15) is 4.98 Å². The number of nitrogens with one attached hydrogen (secondary N) is 3. The first-order valence-electron chi connectivity index (χ1n) is 11.5. The summed E-state index contributed by atoms with van der Waals surface area (Å²) in [4.78, 5) is 9.95. The van der Waals surface area contributed by atoms with Gasteiger partial charge in [-0.25, -0.2) is 4.98 Å². The fraction of sp³-hybridized carbons (Fsp3) is 0.583. The van der Waals surface area contributed by atoms with E-state index >= 15 is 0 Å². The van der Waals surface area contributed by atoms with E-state index in [2.05, 4.69) is 47.1 Å². The van der Waals surface area contributed by atoms with Crippen molar-refractivity contribution >= 4 is 28.2 Å². The molecule has 154 valence electrons. The van der Waals surface area contributed by atoms with Crippen molar-refractivity contribution in [2.75, 3.05) is 30.3 Å². The average Bonchev–Trinajstić information content (AvgIpc) is 3.48. The third-order valence-electron chi connectivity index (χ3n) is 6.85. The monoisotopic (exact) mass is 391 g/mol. The molecule has 1 aromatic carbocycles. The highest BCUT2D eigenvalue weighted by Crippen LogP contribution is 2.36. The fourth-order valence-corrected chi connectivity index (χ4v) is 4.85. The van der Waals surface area contributed by atoms with E-state index in [9.17, 15) is 0 Å². The summed E-state index contributed by atoms with van der Waals surface area (Å²) >= 11 is 0. The maximum absolute atomic E-state index is 5.02. The molecular formula is C24H33N5. The van der Waals surface area contributed by atoms with Crippen LogP contribution in [0.5, 0.6) is 0 Å². The zero-order valence-electron chi connectivity index (χ0n) is 17.5. The second-order valence-electron chi connectivity index (χ2n) is 9.08. The summed E-state index contributed by atoms with van der Waals surface area (Å²) in [5.74, 6) is 3.31. The Morgan fingerprint density at radius 2 is 2.00 bits per heavy atom. The van der Waals surface area contributed by atoms with E-state index in [0.29, 0.717) is 6.04 Å². The van der Waals surface area contributed by atoms with Crippen LogP contribution < -0.4 is 16.0 Å². The van der Waals surface area contributed by atoms with Gasteiger partial charge in [-0.3, -0.25) is 0 Å². The van der Waals surface area contributed by atoms with Gasteiger partial charge in [0.15, 0.2) is 0 Å². The second kappa shape index (κ2) is 8.31. The number of rotatable bonds is 7. The van der Waals surface area contributed by atoms with Crippen LogP contribution in [0.1, 0.15) is 57.4 Å². The van der Waals surface area contributed by atoms with Crippen LogP contribution in [0, 0.1) is 11.8 Å². The summed E-state index contributed by atoms with van der Waals surface area (Å²) in [6, 6.07) is 7.00. The molecule has 2 saturated carbocycles. The Labute approximate surface area is 173 Å². The van der Waals surface area contributed by atoms with E-state index in [1.807, 2.05) is 0 Å². The Balaban J connectivity index is 1.51. The van der Waals surface area contributed by atoms with Gasteiger partial charge in [0, 0.05) is 30.1 Å². The van der Waals surface area contributed by atoms with Crippen molar-refractivity contribution in [3.05, 3.63) is 29.8 Å². The van der Waals surface area contributed by atoms with E-state index in [0.717, 1.165) is 60.6 Å². The van der Waals surface area contributed by atoms with Gasteiger partial charge in [-0.05, 0) is 69.0 Å². The number of nitrogens with zero attached hydrogens (tertiary/aromatic N) is 2. The van der Waals surface area contributed by atoms with Gasteiger partial charge in [-0.1, -0.05) is 31.1 Å². The van der Waals surface area contributed by atoms with Crippen LogP contribution in [0.4, 0.5) is 11.8 Å². The Kier molecular flexibility index (Phi) is 5.40. The van der Waals surface area contributed by atoms with Crippen molar-refractivity contribution < 1.29 is 0 Å². The zero-order valence-corrected chi connectivity index (χ0v) is 17.5. The molecular weight excluding hydrogens is 358 g/mol. The predicted octanol–water partition coefficient (Wildman–Crippen LogP) is 4.82. The molecule has 1 aliphatic heterocycles. The molecule has 3 aliphatic rings. The first kappa shape index (κ1) is 18.9. The van der Waals surface area contributed by atoms with Gasteiger partial charge in [-0.15, -0.1) is 0 Å². The van der Waals surface area contributed by atoms with E-state index in [-0.39, 0.29) is 0 Å². The highest BCUT2D eigenvalue weighted by Gasteiger charge is 2.28. The maximum atomic E-state index is 5.02. The molecule has 1 aromatic heterocycles. The third kappa shape index (κ3) is 4.25. The average molecular weight is 392 g/mol. The summed E-state index contributed by atoms with van der Waals surface area (Å²) in [7, 11) is 0. The lowest BCUT2D eigenvalue weighted by molar-refractivity contribution is 0.578. The Hall–Kier alpha value is -2.14. The molecule has 0 spiro atoms. The molecule has 1 unspecified atom stereocenters. The van der Waals surface area contributed by atoms with E-state index < -0.39 is 0 Å². The van der Waals surface area contributed by atoms with E-state index in [1.54, 1.807) is 0 Å². The normalized spacial score (nSPS) is 21.2. The van der Waals surface area contributed by atoms with Crippen LogP contribution in [-0.2, 0) is 0 Å². The van der Waals surface area contributed by atoms with Gasteiger partial charge in [0.25, 0.3) is 0 Å². The van der Waals surface area contributed by atoms with Gasteiger partial charge >= 0.3 is 0 Å². The van der Waals surface area contributed by atoms with Gasteiger partial charge in [0.05, 0.1) is 5.52 Å². The fourth-order valence-electron chi connectivity index (χ4n) is 4.85. The van der Waals surface area contributed by atoms with Crippen LogP contribution >= 0.6 is 0 Å². The summed E-state index contributed by atoms with van der Waals surface area (Å²) in [5.41, 5.74) is 3.74. The molecule has 1 atom stereocenters. The predicted molar refractivity (Wildman–Crippen MR) is 121 cm³/mol. The lowest BCUT2D eigenvalue weighted by atomic mass is 9.97. The summed E-state index contributed by atoms with van der Waals surface area (Å²) in [6.45, 7) is 5.24. The van der Waals surface area contributed by atoms with E-state index in [1.165, 1.54) is 49.7 Å². The minimum Gasteiger partial charge on any atom is -0.367 e. The molecule has 5 heteroatoms. The first-order valence-corrected chi connectivity index (χ1v) is 11.5. The Bertz CT molecular complexity index is 896. The highest BCUT2D eigenvalue weighted by molar-refractivity contribution is 5.97. The van der Waals surface area contributed by atoms with Gasteiger partial charge in [0.2, 0.25) is 5.95 Å². The van der Waals surface area contributed by atoms with Gasteiger partial charge < -0.3 is 16.0 Å². The van der Waals surface area contributed by atoms with Crippen LogP contribution in [0.15, 0.2) is 24.3 Å². The Morgan fingerprint density at radius 1 is 1.14 bits per heavy atom. The van der Waals surface area contributed by atoms with Crippen molar-refractivity contribution in [1.82, 2.24) is 15.3 Å².